The number of likely N-dealkylation sites (N-methyl/N-ethyl adjacent to an activating group) is 2. The van der Waals surface area contributed by atoms with Gasteiger partial charge in [0.1, 0.15) is 5.02 Å². The number of rotatable bonds is 6. The minimum atomic E-state index is -0.211. The van der Waals surface area contributed by atoms with Gasteiger partial charge in [-0.3, -0.25) is 4.79 Å². The van der Waals surface area contributed by atoms with E-state index in [1.807, 2.05) is 19.0 Å². The maximum absolute atomic E-state index is 12.3. The van der Waals surface area contributed by atoms with Crippen LogP contribution in [0.3, 0.4) is 0 Å². The van der Waals surface area contributed by atoms with Crippen LogP contribution in [0.5, 0.6) is 0 Å². The summed E-state index contributed by atoms with van der Waals surface area (Å²) in [6, 6.07) is 0.399. The van der Waals surface area contributed by atoms with Crippen LogP contribution < -0.4 is 15.8 Å². The first-order chi connectivity index (χ1) is 9.54. The number of hydrogen-bond acceptors (Lipinski definition) is 5. The van der Waals surface area contributed by atoms with Gasteiger partial charge in [0.15, 0.2) is 0 Å². The third-order valence-electron chi connectivity index (χ3n) is 3.58. The van der Waals surface area contributed by atoms with Crippen molar-refractivity contribution in [1.29, 1.82) is 0 Å². The number of nitrogens with one attached hydrogen (secondary N) is 1. The van der Waals surface area contributed by atoms with E-state index < -0.39 is 0 Å². The average molecular weight is 300 g/mol. The highest BCUT2D eigenvalue weighted by Gasteiger charge is 2.26. The van der Waals surface area contributed by atoms with Crippen molar-refractivity contribution in [1.82, 2.24) is 20.0 Å². The molecule has 6 nitrogen and oxygen atoms in total. The Bertz CT molecular complexity index is 512. The molecule has 1 saturated heterocycles. The smallest absolute Gasteiger partial charge is 0.287 e. The van der Waals surface area contributed by atoms with Gasteiger partial charge in [-0.25, -0.2) is 4.68 Å². The molecule has 7 heteroatoms. The van der Waals surface area contributed by atoms with Crippen molar-refractivity contribution >= 4 is 17.3 Å². The maximum Gasteiger partial charge on any atom is 0.287 e. The van der Waals surface area contributed by atoms with Crippen molar-refractivity contribution in [3.8, 4) is 0 Å². The molecule has 0 radical (unpaired) electrons. The van der Waals surface area contributed by atoms with Gasteiger partial charge in [0.05, 0.1) is 24.5 Å². The Labute approximate surface area is 124 Å². The summed E-state index contributed by atoms with van der Waals surface area (Å²) in [5.74, 6) is 0. The Hall–Kier alpha value is -1.11. The molecule has 0 saturated carbocycles. The van der Waals surface area contributed by atoms with E-state index >= 15 is 0 Å². The molecule has 0 amide bonds. The number of anilines is 1. The van der Waals surface area contributed by atoms with E-state index in [0.29, 0.717) is 12.6 Å². The van der Waals surface area contributed by atoms with E-state index in [1.165, 1.54) is 4.68 Å². The molecule has 0 bridgehead atoms. The van der Waals surface area contributed by atoms with Crippen LogP contribution in [0.15, 0.2) is 11.0 Å². The summed E-state index contributed by atoms with van der Waals surface area (Å²) in [6.07, 6.45) is 1.71. The Morgan fingerprint density at radius 2 is 2.20 bits per heavy atom. The van der Waals surface area contributed by atoms with E-state index in [9.17, 15) is 4.79 Å². The Balaban J connectivity index is 2.23. The zero-order valence-corrected chi connectivity index (χ0v) is 13.0. The topological polar surface area (TPSA) is 53.4 Å². The van der Waals surface area contributed by atoms with Crippen molar-refractivity contribution in [3.05, 3.63) is 21.6 Å². The van der Waals surface area contributed by atoms with Crippen molar-refractivity contribution in [2.75, 3.05) is 45.2 Å². The highest BCUT2D eigenvalue weighted by atomic mass is 35.5. The van der Waals surface area contributed by atoms with Gasteiger partial charge in [-0.1, -0.05) is 11.6 Å². The van der Waals surface area contributed by atoms with Gasteiger partial charge in [0.2, 0.25) is 0 Å². The molecule has 0 unspecified atom stereocenters. The van der Waals surface area contributed by atoms with E-state index in [0.717, 1.165) is 31.9 Å². The summed E-state index contributed by atoms with van der Waals surface area (Å²) in [5.41, 5.74) is 0.531. The van der Waals surface area contributed by atoms with Crippen LogP contribution in [0.1, 0.15) is 6.92 Å². The lowest BCUT2D eigenvalue weighted by atomic mass is 10.1. The molecule has 1 aliphatic heterocycles. The van der Waals surface area contributed by atoms with Gasteiger partial charge in [0.25, 0.3) is 5.56 Å². The molecule has 2 rings (SSSR count). The minimum absolute atomic E-state index is 0.211. The highest BCUT2D eigenvalue weighted by Crippen LogP contribution is 2.24. The van der Waals surface area contributed by atoms with Crippen LogP contribution >= 0.6 is 11.6 Å². The second-order valence-corrected chi connectivity index (χ2v) is 5.65. The fourth-order valence-electron chi connectivity index (χ4n) is 2.23. The predicted octanol–water partition coefficient (Wildman–Crippen LogP) is 0.256. The Kier molecular flexibility index (Phi) is 5.01. The first kappa shape index (κ1) is 15.3. The summed E-state index contributed by atoms with van der Waals surface area (Å²) < 4.78 is 1.43. The second-order valence-electron chi connectivity index (χ2n) is 5.27. The molecule has 112 valence electrons. The summed E-state index contributed by atoms with van der Waals surface area (Å²) in [5, 5.41) is 7.75. The lowest BCUT2D eigenvalue weighted by molar-refractivity contribution is 0.367. The fraction of sp³-hybridized carbons (Fsp3) is 0.692. The third-order valence-corrected chi connectivity index (χ3v) is 3.93. The lowest BCUT2D eigenvalue weighted by Crippen LogP contribution is -2.57. The molecule has 1 aliphatic rings. The van der Waals surface area contributed by atoms with Gasteiger partial charge in [-0.15, -0.1) is 0 Å². The summed E-state index contributed by atoms with van der Waals surface area (Å²) in [4.78, 5) is 16.4. The Morgan fingerprint density at radius 3 is 2.70 bits per heavy atom. The maximum atomic E-state index is 12.3. The van der Waals surface area contributed by atoms with Crippen LogP contribution in [0.2, 0.25) is 5.02 Å². The van der Waals surface area contributed by atoms with Crippen molar-refractivity contribution < 1.29 is 0 Å². The molecule has 1 fully saturated rings. The molecule has 1 aromatic heterocycles. The summed E-state index contributed by atoms with van der Waals surface area (Å²) >= 11 is 6.26. The zero-order chi connectivity index (χ0) is 14.7. The number of hydrogen-bond donors (Lipinski definition) is 1. The summed E-state index contributed by atoms with van der Waals surface area (Å²) in [7, 11) is 3.92. The first-order valence-electron chi connectivity index (χ1n) is 6.92. The molecule has 0 aliphatic carbocycles. The standard InChI is InChI=1S/C13H22ClN5O/c1-4-18(10-7-15-8-10)11-9-16-19(6-5-17(2)3)13(20)12(11)14/h9-10,15H,4-8H2,1-3H3. The monoisotopic (exact) mass is 299 g/mol. The molecule has 1 aromatic rings. The molecule has 20 heavy (non-hydrogen) atoms. The van der Waals surface area contributed by atoms with Crippen molar-refractivity contribution in [3.63, 3.8) is 0 Å². The Morgan fingerprint density at radius 1 is 1.50 bits per heavy atom. The molecular formula is C13H22ClN5O. The van der Waals surface area contributed by atoms with Crippen LogP contribution in [0, 0.1) is 0 Å². The largest absolute Gasteiger partial charge is 0.364 e. The molecule has 1 N–H and O–H groups in total. The van der Waals surface area contributed by atoms with Gasteiger partial charge >= 0.3 is 0 Å². The molecule has 0 aromatic carbocycles. The molecule has 0 atom stereocenters. The van der Waals surface area contributed by atoms with E-state index in [1.54, 1.807) is 6.20 Å². The molecule has 2 heterocycles. The average Bonchev–Trinajstić information content (AvgIpc) is 2.36. The van der Waals surface area contributed by atoms with E-state index in [4.69, 9.17) is 11.6 Å². The number of aromatic nitrogens is 2. The SMILES string of the molecule is CCN(c1cnn(CCN(C)C)c(=O)c1Cl)C1CNC1. The number of halogens is 1. The van der Waals surface area contributed by atoms with Crippen LogP contribution in [0.4, 0.5) is 5.69 Å². The number of nitrogens with zero attached hydrogens (tertiary/aromatic N) is 4. The van der Waals surface area contributed by atoms with Gasteiger partial charge in [-0.2, -0.15) is 5.10 Å². The lowest BCUT2D eigenvalue weighted by Gasteiger charge is -2.39. The van der Waals surface area contributed by atoms with Gasteiger partial charge in [-0.05, 0) is 21.0 Å². The summed E-state index contributed by atoms with van der Waals surface area (Å²) in [6.45, 7) is 6.03. The highest BCUT2D eigenvalue weighted by molar-refractivity contribution is 6.33. The molecular weight excluding hydrogens is 278 g/mol. The zero-order valence-electron chi connectivity index (χ0n) is 12.3. The van der Waals surface area contributed by atoms with Crippen LogP contribution in [0.25, 0.3) is 0 Å². The van der Waals surface area contributed by atoms with Crippen molar-refractivity contribution in [2.45, 2.75) is 19.5 Å². The van der Waals surface area contributed by atoms with E-state index in [-0.39, 0.29) is 10.6 Å². The van der Waals surface area contributed by atoms with Crippen molar-refractivity contribution in [2.24, 2.45) is 0 Å². The van der Waals surface area contributed by atoms with Gasteiger partial charge < -0.3 is 15.1 Å². The second kappa shape index (κ2) is 6.56. The first-order valence-corrected chi connectivity index (χ1v) is 7.30. The van der Waals surface area contributed by atoms with Gasteiger partial charge in [0, 0.05) is 26.2 Å². The third kappa shape index (κ3) is 3.13. The fourth-order valence-corrected chi connectivity index (χ4v) is 2.48. The van der Waals surface area contributed by atoms with Crippen LogP contribution in [-0.4, -0.2) is 61.0 Å². The van der Waals surface area contributed by atoms with Crippen LogP contribution in [-0.2, 0) is 6.54 Å². The molecule has 0 spiro atoms. The quantitative estimate of drug-likeness (QED) is 0.816. The normalized spacial score (nSPS) is 15.4. The van der Waals surface area contributed by atoms with E-state index in [2.05, 4.69) is 22.2 Å². The minimum Gasteiger partial charge on any atom is -0.364 e. The predicted molar refractivity (Wildman–Crippen MR) is 81.7 cm³/mol.